The van der Waals surface area contributed by atoms with E-state index in [1.807, 2.05) is 53.6 Å². The lowest BCUT2D eigenvalue weighted by atomic mass is 9.71. The smallest absolute Gasteiger partial charge is 0.311 e. The normalized spacial score (nSPS) is 48.7. The van der Waals surface area contributed by atoms with Gasteiger partial charge in [0.2, 0.25) is 0 Å². The van der Waals surface area contributed by atoms with Gasteiger partial charge >= 0.3 is 5.97 Å². The third-order valence-corrected chi connectivity index (χ3v) is 13.5. The highest BCUT2D eigenvalue weighted by atomic mass is 16.7. The van der Waals surface area contributed by atoms with E-state index in [2.05, 4.69) is 5.32 Å². The number of hydrogen-bond acceptors (Lipinski definition) is 16. The fraction of sp³-hybridized carbons (Fsp3) is 0.976. The fourth-order valence-electron chi connectivity index (χ4n) is 10.0. The Morgan fingerprint density at radius 2 is 1.59 bits per heavy atom. The lowest BCUT2D eigenvalue weighted by Crippen LogP contribution is -2.67. The molecule has 0 aromatic rings. The number of ether oxygens (including phenoxy) is 9. The number of aliphatic hydroxyl groups is 4. The average Bonchev–Trinajstić information content (AvgIpc) is 3.15. The van der Waals surface area contributed by atoms with E-state index < -0.39 is 96.1 Å². The average molecular weight is 835 g/mol. The van der Waals surface area contributed by atoms with Crippen molar-refractivity contribution < 1.29 is 67.9 Å². The standard InChI is InChI=1S/C42H78N2O14/c1-15-29-42(10,49)37-24(4)32(43-30(56-37)21-52-17-16-50-13)22(2)19-40(8,48)36(58-39-33(45)28(44(11)12)18-23(3)53-39)25(5)34(26(6)38(47)55-29)57-31-20-41(9,51-14)35(46)27(7)54-31/h22-37,39,43,45-46,48-49H,15-21H2,1-14H3/t22-,23-,24+,25-,26-,27+,28+,29-,30?,31+,32+,33-,34+,35+,36-,37-,39+,40-,41-,42-/m1/s1. The fourth-order valence-corrected chi connectivity index (χ4v) is 10.0. The number of carbonyl (C=O) groups is 1. The molecule has 4 aliphatic rings. The molecule has 1 unspecified atom stereocenters. The van der Waals surface area contributed by atoms with E-state index in [1.54, 1.807) is 41.7 Å². The van der Waals surface area contributed by atoms with E-state index in [4.69, 9.17) is 42.6 Å². The van der Waals surface area contributed by atoms with Crippen molar-refractivity contribution in [1.82, 2.24) is 10.2 Å². The van der Waals surface area contributed by atoms with E-state index in [0.717, 1.165) is 0 Å². The Hall–Kier alpha value is -1.09. The summed E-state index contributed by atoms with van der Waals surface area (Å²) >= 11 is 0. The maximum absolute atomic E-state index is 14.5. The number of likely N-dealkylation sites (N-methyl/N-ethyl adjacent to an activating group) is 1. The van der Waals surface area contributed by atoms with Crippen LogP contribution in [0.1, 0.15) is 94.9 Å². The summed E-state index contributed by atoms with van der Waals surface area (Å²) in [6.45, 7) is 19.1. The number of carbonyl (C=O) groups excluding carboxylic acids is 1. The van der Waals surface area contributed by atoms with Crippen LogP contribution in [0.25, 0.3) is 0 Å². The van der Waals surface area contributed by atoms with Crippen LogP contribution in [0, 0.1) is 23.7 Å². The van der Waals surface area contributed by atoms with Crippen molar-refractivity contribution in [1.29, 1.82) is 0 Å². The number of esters is 1. The summed E-state index contributed by atoms with van der Waals surface area (Å²) in [6, 6.07) is -0.593. The molecule has 16 nitrogen and oxygen atoms in total. The van der Waals surface area contributed by atoms with Gasteiger partial charge in [-0.05, 0) is 80.8 Å². The zero-order valence-corrected chi connectivity index (χ0v) is 37.6. The highest BCUT2D eigenvalue weighted by Crippen LogP contribution is 2.43. The van der Waals surface area contributed by atoms with Gasteiger partial charge in [-0.25, -0.2) is 0 Å². The Bertz CT molecular complexity index is 1290. The molecule has 340 valence electrons. The van der Waals surface area contributed by atoms with Crippen LogP contribution in [0.5, 0.6) is 0 Å². The lowest BCUT2D eigenvalue weighted by Gasteiger charge is -2.52. The molecule has 4 fully saturated rings. The molecule has 4 aliphatic heterocycles. The number of methoxy groups -OCH3 is 2. The molecule has 20 atom stereocenters. The Balaban J connectivity index is 1.83. The minimum absolute atomic E-state index is 0.137. The Morgan fingerprint density at radius 1 is 0.914 bits per heavy atom. The van der Waals surface area contributed by atoms with Crippen molar-refractivity contribution in [2.75, 3.05) is 48.1 Å². The van der Waals surface area contributed by atoms with Crippen molar-refractivity contribution in [2.24, 2.45) is 23.7 Å². The van der Waals surface area contributed by atoms with E-state index in [-0.39, 0.29) is 55.9 Å². The monoisotopic (exact) mass is 835 g/mol. The summed E-state index contributed by atoms with van der Waals surface area (Å²) in [5.74, 6) is -2.95. The van der Waals surface area contributed by atoms with E-state index in [9.17, 15) is 25.2 Å². The second-order valence-electron chi connectivity index (χ2n) is 18.6. The van der Waals surface area contributed by atoms with Crippen molar-refractivity contribution in [2.45, 2.75) is 191 Å². The molecule has 0 aromatic heterocycles. The summed E-state index contributed by atoms with van der Waals surface area (Å²) in [7, 11) is 6.90. The SMILES string of the molecule is CC[C@H]1OC(=O)[C@H](C)[C@@H](O[C@H]2C[C@@](C)(OC)[C@@H](O)[C@H](C)O2)[C@@H](C)[C@@H](O[C@@H]2O[C@H](C)C[C@H](N(C)C)[C@H]2O)[C@](C)(O)C[C@@H](C)[C@@H]2NC(COCCOC)O[C@H]([C@H]2C)[C@]1(C)O. The van der Waals surface area contributed by atoms with Crippen LogP contribution in [0.2, 0.25) is 0 Å². The number of hydrogen-bond donors (Lipinski definition) is 5. The molecule has 2 bridgehead atoms. The molecular weight excluding hydrogens is 756 g/mol. The highest BCUT2D eigenvalue weighted by molar-refractivity contribution is 5.73. The van der Waals surface area contributed by atoms with E-state index in [1.165, 1.54) is 7.11 Å². The summed E-state index contributed by atoms with van der Waals surface area (Å²) < 4.78 is 55.7. The zero-order chi connectivity index (χ0) is 43.5. The summed E-state index contributed by atoms with van der Waals surface area (Å²) in [4.78, 5) is 16.4. The zero-order valence-electron chi connectivity index (χ0n) is 37.6. The molecule has 0 spiro atoms. The second kappa shape index (κ2) is 20.4. The van der Waals surface area contributed by atoms with Crippen LogP contribution in [-0.4, -0.2) is 176 Å². The number of nitrogens with zero attached hydrogens (tertiary/aromatic N) is 1. The molecule has 4 rings (SSSR count). The molecule has 0 aromatic carbocycles. The van der Waals surface area contributed by atoms with E-state index in [0.29, 0.717) is 19.6 Å². The molecule has 5 N–H and O–H groups in total. The van der Waals surface area contributed by atoms with Gasteiger partial charge in [0.05, 0.1) is 67.5 Å². The van der Waals surface area contributed by atoms with Crippen LogP contribution in [0.15, 0.2) is 0 Å². The number of aliphatic hydroxyl groups excluding tert-OH is 2. The lowest BCUT2D eigenvalue weighted by molar-refractivity contribution is -0.318. The van der Waals surface area contributed by atoms with Crippen molar-refractivity contribution in [3.8, 4) is 0 Å². The molecule has 0 saturated carbocycles. The summed E-state index contributed by atoms with van der Waals surface area (Å²) in [5.41, 5.74) is -4.27. The maximum atomic E-state index is 14.5. The largest absolute Gasteiger partial charge is 0.459 e. The van der Waals surface area contributed by atoms with Gasteiger partial charge in [0, 0.05) is 44.6 Å². The van der Waals surface area contributed by atoms with Crippen LogP contribution in [0.3, 0.4) is 0 Å². The predicted molar refractivity (Wildman–Crippen MR) is 214 cm³/mol. The first kappa shape index (κ1) is 49.6. The first-order chi connectivity index (χ1) is 27.0. The number of rotatable bonds is 12. The van der Waals surface area contributed by atoms with Gasteiger partial charge in [-0.3, -0.25) is 10.1 Å². The van der Waals surface area contributed by atoms with Gasteiger partial charge in [0.1, 0.15) is 30.1 Å². The first-order valence-electron chi connectivity index (χ1n) is 21.4. The van der Waals surface area contributed by atoms with Crippen LogP contribution >= 0.6 is 0 Å². The van der Waals surface area contributed by atoms with Gasteiger partial charge in [-0.1, -0.05) is 27.7 Å². The van der Waals surface area contributed by atoms with Crippen LogP contribution < -0.4 is 5.32 Å². The minimum atomic E-state index is -1.64. The quantitative estimate of drug-likeness (QED) is 0.142. The van der Waals surface area contributed by atoms with Gasteiger partial charge in [-0.15, -0.1) is 0 Å². The van der Waals surface area contributed by atoms with E-state index >= 15 is 0 Å². The predicted octanol–water partition coefficient (Wildman–Crippen LogP) is 2.20. The second-order valence-corrected chi connectivity index (χ2v) is 18.6. The molecule has 16 heteroatoms. The van der Waals surface area contributed by atoms with Crippen LogP contribution in [-0.2, 0) is 47.4 Å². The van der Waals surface area contributed by atoms with Gasteiger partial charge < -0.3 is 68.0 Å². The van der Waals surface area contributed by atoms with Gasteiger partial charge in [0.25, 0.3) is 0 Å². The molecule has 4 heterocycles. The highest BCUT2D eigenvalue weighted by Gasteiger charge is 2.55. The number of fused-ring (bicyclic) bond motifs is 2. The third-order valence-electron chi connectivity index (χ3n) is 13.5. The molecule has 0 amide bonds. The molecule has 4 saturated heterocycles. The van der Waals surface area contributed by atoms with Gasteiger partial charge in [-0.2, -0.15) is 0 Å². The Labute approximate surface area is 346 Å². The van der Waals surface area contributed by atoms with Crippen molar-refractivity contribution in [3.63, 3.8) is 0 Å². The molecule has 58 heavy (non-hydrogen) atoms. The third kappa shape index (κ3) is 11.1. The molecule has 0 aliphatic carbocycles. The molecule has 0 radical (unpaired) electrons. The first-order valence-corrected chi connectivity index (χ1v) is 21.4. The topological polar surface area (TPSA) is 196 Å². The van der Waals surface area contributed by atoms with Crippen molar-refractivity contribution >= 4 is 5.97 Å². The number of cyclic esters (lactones) is 1. The van der Waals surface area contributed by atoms with Gasteiger partial charge in [0.15, 0.2) is 12.6 Å². The minimum Gasteiger partial charge on any atom is -0.459 e. The molecular formula is C42H78N2O14. The van der Waals surface area contributed by atoms with Crippen molar-refractivity contribution in [3.05, 3.63) is 0 Å². The Morgan fingerprint density at radius 3 is 2.19 bits per heavy atom. The summed E-state index contributed by atoms with van der Waals surface area (Å²) in [6.07, 6.45) is -8.29. The maximum Gasteiger partial charge on any atom is 0.311 e. The summed E-state index contributed by atoms with van der Waals surface area (Å²) in [5, 5.41) is 51.5. The number of nitrogens with one attached hydrogen (secondary N) is 1. The van der Waals surface area contributed by atoms with Crippen LogP contribution in [0.4, 0.5) is 0 Å². The Kier molecular flexibility index (Phi) is 17.4.